The highest BCUT2D eigenvalue weighted by atomic mass is 16.5. The van der Waals surface area contributed by atoms with Crippen LogP contribution in [0.15, 0.2) is 48.0 Å². The maximum atomic E-state index is 13.4. The molecule has 1 amide bonds. The molecule has 8 nitrogen and oxygen atoms in total. The molecule has 0 aliphatic carbocycles. The van der Waals surface area contributed by atoms with Crippen molar-refractivity contribution >= 4 is 17.4 Å². The molecule has 39 heavy (non-hydrogen) atoms. The molecule has 2 saturated heterocycles. The first kappa shape index (κ1) is 28.6. The normalized spacial score (nSPS) is 19.6. The standard InChI is InChI=1S/C31H40N2O6/c1-5-38-24-9-7-23(8-10-24)28-27(29(34)26-12-11-25(19-22(26)4)39-20-21(2)3)30(35)31(36)33(28)14-6-13-32-15-17-37-18-16-32/h7-12,19,21,28,34H,5-6,13-18,20H2,1-4H3/b29-27+/t28-/m0/s1. The van der Waals surface area contributed by atoms with E-state index >= 15 is 0 Å². The molecule has 0 aromatic heterocycles. The van der Waals surface area contributed by atoms with Crippen molar-refractivity contribution < 1.29 is 28.9 Å². The van der Waals surface area contributed by atoms with Crippen LogP contribution >= 0.6 is 0 Å². The molecule has 4 rings (SSSR count). The fourth-order valence-corrected chi connectivity index (χ4v) is 5.06. The number of nitrogens with zero attached hydrogens (tertiary/aromatic N) is 2. The number of hydrogen-bond acceptors (Lipinski definition) is 7. The Morgan fingerprint density at radius 1 is 1.03 bits per heavy atom. The van der Waals surface area contributed by atoms with Gasteiger partial charge >= 0.3 is 0 Å². The number of Topliss-reactive ketones (excluding diaryl/α,β-unsaturated/α-hetero) is 1. The number of aliphatic hydroxyl groups excluding tert-OH is 1. The van der Waals surface area contributed by atoms with E-state index in [2.05, 4.69) is 18.7 Å². The largest absolute Gasteiger partial charge is 0.507 e. The van der Waals surface area contributed by atoms with E-state index in [1.807, 2.05) is 44.2 Å². The minimum atomic E-state index is -0.693. The van der Waals surface area contributed by atoms with Gasteiger partial charge in [-0.25, -0.2) is 0 Å². The lowest BCUT2D eigenvalue weighted by Crippen LogP contribution is -2.38. The zero-order valence-electron chi connectivity index (χ0n) is 23.4. The molecule has 1 N–H and O–H groups in total. The Hall–Kier alpha value is -3.36. The third-order valence-corrected chi connectivity index (χ3v) is 7.06. The Bertz CT molecular complexity index is 1180. The SMILES string of the molecule is CCOc1ccc([C@H]2/C(=C(\O)c3ccc(OCC(C)C)cc3C)C(=O)C(=O)N2CCCN2CCOCC2)cc1. The molecular weight excluding hydrogens is 496 g/mol. The molecule has 2 heterocycles. The van der Waals surface area contributed by atoms with Gasteiger partial charge in [-0.1, -0.05) is 26.0 Å². The number of aryl methyl sites for hydroxylation is 1. The Kier molecular flexibility index (Phi) is 9.64. The van der Waals surface area contributed by atoms with Gasteiger partial charge in [0.2, 0.25) is 0 Å². The molecule has 1 atom stereocenters. The van der Waals surface area contributed by atoms with Crippen LogP contribution in [0.25, 0.3) is 5.76 Å². The molecule has 2 aromatic carbocycles. The van der Waals surface area contributed by atoms with Crippen LogP contribution in [0.5, 0.6) is 11.5 Å². The molecule has 0 unspecified atom stereocenters. The second-order valence-electron chi connectivity index (χ2n) is 10.5. The van der Waals surface area contributed by atoms with Crippen molar-refractivity contribution in [3.8, 4) is 11.5 Å². The molecule has 0 bridgehead atoms. The second kappa shape index (κ2) is 13.1. The lowest BCUT2D eigenvalue weighted by molar-refractivity contribution is -0.140. The number of morpholine rings is 1. The molecule has 2 aromatic rings. The summed E-state index contributed by atoms with van der Waals surface area (Å²) >= 11 is 0. The highest BCUT2D eigenvalue weighted by Gasteiger charge is 2.46. The fourth-order valence-electron chi connectivity index (χ4n) is 5.06. The van der Waals surface area contributed by atoms with Crippen LogP contribution in [0, 0.1) is 12.8 Å². The van der Waals surface area contributed by atoms with E-state index in [4.69, 9.17) is 14.2 Å². The highest BCUT2D eigenvalue weighted by Crippen LogP contribution is 2.40. The zero-order valence-corrected chi connectivity index (χ0v) is 23.4. The molecule has 8 heteroatoms. The predicted octanol–water partition coefficient (Wildman–Crippen LogP) is 4.57. The van der Waals surface area contributed by atoms with E-state index in [0.717, 1.165) is 30.8 Å². The summed E-state index contributed by atoms with van der Waals surface area (Å²) in [7, 11) is 0. The average molecular weight is 537 g/mol. The minimum absolute atomic E-state index is 0.106. The molecule has 2 aliphatic rings. The van der Waals surface area contributed by atoms with Gasteiger partial charge in [0.05, 0.1) is 38.0 Å². The van der Waals surface area contributed by atoms with E-state index in [1.165, 1.54) is 0 Å². The highest BCUT2D eigenvalue weighted by molar-refractivity contribution is 6.46. The van der Waals surface area contributed by atoms with Gasteiger partial charge in [0.1, 0.15) is 17.3 Å². The lowest BCUT2D eigenvalue weighted by Gasteiger charge is -2.29. The monoisotopic (exact) mass is 536 g/mol. The van der Waals surface area contributed by atoms with Gasteiger partial charge in [-0.2, -0.15) is 0 Å². The van der Waals surface area contributed by atoms with Crippen LogP contribution in [0.1, 0.15) is 49.9 Å². The van der Waals surface area contributed by atoms with Crippen LogP contribution in [0.3, 0.4) is 0 Å². The Morgan fingerprint density at radius 2 is 1.72 bits per heavy atom. The summed E-state index contributed by atoms with van der Waals surface area (Å²) in [6.45, 7) is 13.4. The molecular formula is C31H40N2O6. The Labute approximate surface area is 231 Å². The number of carbonyl (C=O) groups excluding carboxylic acids is 2. The number of ketones is 1. The van der Waals surface area contributed by atoms with Crippen LogP contribution in [0.2, 0.25) is 0 Å². The van der Waals surface area contributed by atoms with E-state index in [9.17, 15) is 14.7 Å². The molecule has 0 spiro atoms. The van der Waals surface area contributed by atoms with Crippen molar-refractivity contribution in [2.45, 2.75) is 40.2 Å². The quantitative estimate of drug-likeness (QED) is 0.256. The lowest BCUT2D eigenvalue weighted by atomic mass is 9.93. The summed E-state index contributed by atoms with van der Waals surface area (Å²) < 4.78 is 16.9. The number of hydrogen-bond donors (Lipinski definition) is 1. The smallest absolute Gasteiger partial charge is 0.295 e. The summed E-state index contributed by atoms with van der Waals surface area (Å²) in [5, 5.41) is 11.5. The molecule has 210 valence electrons. The van der Waals surface area contributed by atoms with Gasteiger partial charge < -0.3 is 24.2 Å². The van der Waals surface area contributed by atoms with E-state index < -0.39 is 17.7 Å². The number of ether oxygens (including phenoxy) is 3. The van der Waals surface area contributed by atoms with Crippen LogP contribution in [0.4, 0.5) is 0 Å². The van der Waals surface area contributed by atoms with Crippen molar-refractivity contribution in [3.05, 3.63) is 64.7 Å². The van der Waals surface area contributed by atoms with Gasteiger partial charge in [-0.3, -0.25) is 14.5 Å². The molecule has 2 fully saturated rings. The van der Waals surface area contributed by atoms with Crippen LogP contribution in [-0.2, 0) is 14.3 Å². The van der Waals surface area contributed by atoms with Gasteiger partial charge in [-0.05, 0) is 67.6 Å². The van der Waals surface area contributed by atoms with Crippen molar-refractivity contribution in [1.29, 1.82) is 0 Å². The van der Waals surface area contributed by atoms with Crippen LogP contribution < -0.4 is 9.47 Å². The Morgan fingerprint density at radius 3 is 2.36 bits per heavy atom. The summed E-state index contributed by atoms with van der Waals surface area (Å²) in [5.41, 5.74) is 2.13. The first-order chi connectivity index (χ1) is 18.8. The van der Waals surface area contributed by atoms with Crippen molar-refractivity contribution in [3.63, 3.8) is 0 Å². The summed E-state index contributed by atoms with van der Waals surface area (Å²) in [6.07, 6.45) is 0.710. The topological polar surface area (TPSA) is 88.5 Å². The first-order valence-corrected chi connectivity index (χ1v) is 13.8. The molecule has 0 saturated carbocycles. The molecule has 0 radical (unpaired) electrons. The third-order valence-electron chi connectivity index (χ3n) is 7.06. The van der Waals surface area contributed by atoms with Crippen LogP contribution in [-0.4, -0.2) is 79.2 Å². The third kappa shape index (κ3) is 6.81. The summed E-state index contributed by atoms with van der Waals surface area (Å²) in [5.74, 6) is 0.356. The maximum Gasteiger partial charge on any atom is 0.295 e. The number of carbonyl (C=O) groups is 2. The van der Waals surface area contributed by atoms with Crippen molar-refractivity contribution in [2.24, 2.45) is 5.92 Å². The first-order valence-electron chi connectivity index (χ1n) is 13.8. The Balaban J connectivity index is 1.66. The van der Waals surface area contributed by atoms with E-state index in [0.29, 0.717) is 62.4 Å². The molecule has 2 aliphatic heterocycles. The van der Waals surface area contributed by atoms with Crippen molar-refractivity contribution in [1.82, 2.24) is 9.80 Å². The predicted molar refractivity (Wildman–Crippen MR) is 150 cm³/mol. The number of benzene rings is 2. The van der Waals surface area contributed by atoms with E-state index in [-0.39, 0.29) is 11.3 Å². The second-order valence-corrected chi connectivity index (χ2v) is 10.5. The number of aliphatic hydroxyl groups is 1. The number of amides is 1. The minimum Gasteiger partial charge on any atom is -0.507 e. The van der Waals surface area contributed by atoms with Crippen molar-refractivity contribution in [2.75, 3.05) is 52.6 Å². The number of rotatable bonds is 11. The van der Waals surface area contributed by atoms with Gasteiger partial charge in [0.25, 0.3) is 11.7 Å². The van der Waals surface area contributed by atoms with Gasteiger partial charge in [-0.15, -0.1) is 0 Å². The van der Waals surface area contributed by atoms with E-state index in [1.54, 1.807) is 17.0 Å². The van der Waals surface area contributed by atoms with Gasteiger partial charge in [0, 0.05) is 31.7 Å². The summed E-state index contributed by atoms with van der Waals surface area (Å²) in [6, 6.07) is 12.1. The maximum absolute atomic E-state index is 13.4. The average Bonchev–Trinajstić information content (AvgIpc) is 3.18. The fraction of sp³-hybridized carbons (Fsp3) is 0.484. The zero-order chi connectivity index (χ0) is 27.9. The van der Waals surface area contributed by atoms with Gasteiger partial charge in [0.15, 0.2) is 0 Å². The number of likely N-dealkylation sites (tertiary alicyclic amines) is 1. The summed E-state index contributed by atoms with van der Waals surface area (Å²) in [4.78, 5) is 30.6.